The second kappa shape index (κ2) is 4.66. The van der Waals surface area contributed by atoms with Crippen LogP contribution in [0.4, 0.5) is 17.1 Å². The molecular formula is C14H13BrN2O2. The van der Waals surface area contributed by atoms with Gasteiger partial charge < -0.3 is 20.5 Å². The molecule has 5 heteroatoms. The fourth-order valence-corrected chi connectivity index (χ4v) is 2.38. The Morgan fingerprint density at radius 3 is 2.79 bits per heavy atom. The summed E-state index contributed by atoms with van der Waals surface area (Å²) in [5.74, 6) is 1.53. The van der Waals surface area contributed by atoms with Gasteiger partial charge in [-0.15, -0.1) is 0 Å². The summed E-state index contributed by atoms with van der Waals surface area (Å²) in [5.41, 5.74) is 9.57. The SMILES string of the molecule is Cc1cc(Nc2ccc3c(c2)OCO3)c(Br)cc1N. The number of anilines is 3. The highest BCUT2D eigenvalue weighted by Crippen LogP contribution is 2.36. The predicted molar refractivity (Wildman–Crippen MR) is 79.1 cm³/mol. The fraction of sp³-hybridized carbons (Fsp3) is 0.143. The molecule has 0 spiro atoms. The molecule has 0 bridgehead atoms. The molecule has 0 amide bonds. The van der Waals surface area contributed by atoms with Gasteiger partial charge in [0.2, 0.25) is 6.79 Å². The predicted octanol–water partition coefficient (Wildman–Crippen LogP) is 3.81. The molecule has 2 aromatic rings. The zero-order valence-electron chi connectivity index (χ0n) is 10.4. The van der Waals surface area contributed by atoms with Crippen LogP contribution in [0.1, 0.15) is 5.56 Å². The Bertz CT molecular complexity index is 644. The lowest BCUT2D eigenvalue weighted by atomic mass is 10.1. The Kier molecular flexibility index (Phi) is 2.98. The van der Waals surface area contributed by atoms with Crippen LogP contribution in [0.15, 0.2) is 34.8 Å². The van der Waals surface area contributed by atoms with Crippen LogP contribution >= 0.6 is 15.9 Å². The molecule has 98 valence electrons. The maximum Gasteiger partial charge on any atom is 0.231 e. The molecule has 2 aromatic carbocycles. The first-order chi connectivity index (χ1) is 9.13. The Balaban J connectivity index is 1.91. The van der Waals surface area contributed by atoms with E-state index in [1.807, 2.05) is 37.3 Å². The topological polar surface area (TPSA) is 56.5 Å². The van der Waals surface area contributed by atoms with Gasteiger partial charge in [0.1, 0.15) is 0 Å². The van der Waals surface area contributed by atoms with Crippen LogP contribution in [0.3, 0.4) is 0 Å². The largest absolute Gasteiger partial charge is 0.454 e. The zero-order valence-corrected chi connectivity index (χ0v) is 12.0. The van der Waals surface area contributed by atoms with Crippen LogP contribution in [0, 0.1) is 6.92 Å². The summed E-state index contributed by atoms with van der Waals surface area (Å²) in [6.07, 6.45) is 0. The number of hydrogen-bond acceptors (Lipinski definition) is 4. The highest BCUT2D eigenvalue weighted by Gasteiger charge is 2.13. The number of aryl methyl sites for hydroxylation is 1. The van der Waals surface area contributed by atoms with Crippen molar-refractivity contribution in [2.24, 2.45) is 0 Å². The number of halogens is 1. The highest BCUT2D eigenvalue weighted by atomic mass is 79.9. The average Bonchev–Trinajstić information content (AvgIpc) is 2.83. The normalized spacial score (nSPS) is 12.5. The summed E-state index contributed by atoms with van der Waals surface area (Å²) >= 11 is 3.50. The van der Waals surface area contributed by atoms with Crippen molar-refractivity contribution in [2.75, 3.05) is 17.8 Å². The lowest BCUT2D eigenvalue weighted by Gasteiger charge is -2.11. The number of hydrogen-bond donors (Lipinski definition) is 2. The van der Waals surface area contributed by atoms with Crippen LogP contribution in [-0.4, -0.2) is 6.79 Å². The molecule has 0 fully saturated rings. The van der Waals surface area contributed by atoms with Gasteiger partial charge in [0, 0.05) is 21.9 Å². The maximum absolute atomic E-state index is 5.86. The third-order valence-electron chi connectivity index (χ3n) is 3.01. The van der Waals surface area contributed by atoms with E-state index in [1.165, 1.54) is 0 Å². The minimum Gasteiger partial charge on any atom is -0.454 e. The molecule has 0 atom stereocenters. The minimum absolute atomic E-state index is 0.281. The quantitative estimate of drug-likeness (QED) is 0.826. The van der Waals surface area contributed by atoms with Crippen LogP contribution in [0.5, 0.6) is 11.5 Å². The van der Waals surface area contributed by atoms with E-state index >= 15 is 0 Å². The Hall–Kier alpha value is -1.88. The summed E-state index contributed by atoms with van der Waals surface area (Å²) in [4.78, 5) is 0. The molecule has 3 rings (SSSR count). The van der Waals surface area contributed by atoms with Crippen LogP contribution < -0.4 is 20.5 Å². The lowest BCUT2D eigenvalue weighted by Crippen LogP contribution is -1.96. The Morgan fingerprint density at radius 2 is 1.95 bits per heavy atom. The first-order valence-corrected chi connectivity index (χ1v) is 6.65. The summed E-state index contributed by atoms with van der Waals surface area (Å²) in [5, 5.41) is 3.33. The van der Waals surface area contributed by atoms with Gasteiger partial charge in [-0.3, -0.25) is 0 Å². The second-order valence-corrected chi connectivity index (χ2v) is 5.24. The summed E-state index contributed by atoms with van der Waals surface area (Å²) < 4.78 is 11.6. The molecule has 0 unspecified atom stereocenters. The molecule has 19 heavy (non-hydrogen) atoms. The smallest absolute Gasteiger partial charge is 0.231 e. The minimum atomic E-state index is 0.281. The number of ether oxygens (including phenoxy) is 2. The van der Waals surface area contributed by atoms with E-state index in [2.05, 4.69) is 21.2 Å². The van der Waals surface area contributed by atoms with Crippen molar-refractivity contribution < 1.29 is 9.47 Å². The summed E-state index contributed by atoms with van der Waals surface area (Å²) in [6, 6.07) is 9.66. The number of nitrogens with one attached hydrogen (secondary N) is 1. The van der Waals surface area contributed by atoms with E-state index in [9.17, 15) is 0 Å². The monoisotopic (exact) mass is 320 g/mol. The average molecular weight is 321 g/mol. The first-order valence-electron chi connectivity index (χ1n) is 5.86. The van der Waals surface area contributed by atoms with Gasteiger partial charge >= 0.3 is 0 Å². The van der Waals surface area contributed by atoms with Crippen molar-refractivity contribution in [1.82, 2.24) is 0 Å². The molecule has 0 saturated carbocycles. The second-order valence-electron chi connectivity index (χ2n) is 4.38. The van der Waals surface area contributed by atoms with Gasteiger partial charge in [0.15, 0.2) is 11.5 Å². The van der Waals surface area contributed by atoms with E-state index in [0.29, 0.717) is 0 Å². The van der Waals surface area contributed by atoms with E-state index in [-0.39, 0.29) is 6.79 Å². The van der Waals surface area contributed by atoms with Gasteiger partial charge in [-0.25, -0.2) is 0 Å². The standard InChI is InChI=1S/C14H13BrN2O2/c1-8-4-12(10(15)6-11(8)16)17-9-2-3-13-14(5-9)19-7-18-13/h2-6,17H,7,16H2,1H3. The first kappa shape index (κ1) is 12.2. The molecule has 1 aliphatic rings. The van der Waals surface area contributed by atoms with Gasteiger partial charge in [-0.05, 0) is 52.7 Å². The van der Waals surface area contributed by atoms with Crippen molar-refractivity contribution >= 4 is 33.0 Å². The highest BCUT2D eigenvalue weighted by molar-refractivity contribution is 9.10. The zero-order chi connectivity index (χ0) is 13.4. The molecule has 1 aliphatic heterocycles. The van der Waals surface area contributed by atoms with Gasteiger partial charge in [0.05, 0.1) is 5.69 Å². The van der Waals surface area contributed by atoms with E-state index in [4.69, 9.17) is 15.2 Å². The van der Waals surface area contributed by atoms with Gasteiger partial charge in [0.25, 0.3) is 0 Å². The Morgan fingerprint density at radius 1 is 1.16 bits per heavy atom. The van der Waals surface area contributed by atoms with Crippen molar-refractivity contribution in [3.05, 3.63) is 40.4 Å². The molecule has 0 aliphatic carbocycles. The number of fused-ring (bicyclic) bond motifs is 1. The number of nitrogens with two attached hydrogens (primary N) is 1. The lowest BCUT2D eigenvalue weighted by molar-refractivity contribution is 0.174. The molecule has 3 N–H and O–H groups in total. The van der Waals surface area contributed by atoms with Crippen molar-refractivity contribution in [1.29, 1.82) is 0 Å². The summed E-state index contributed by atoms with van der Waals surface area (Å²) in [6.45, 7) is 2.26. The van der Waals surface area contributed by atoms with Crippen LogP contribution in [0.25, 0.3) is 0 Å². The van der Waals surface area contributed by atoms with Crippen molar-refractivity contribution in [3.63, 3.8) is 0 Å². The number of rotatable bonds is 2. The van der Waals surface area contributed by atoms with E-state index < -0.39 is 0 Å². The molecule has 0 radical (unpaired) electrons. The third kappa shape index (κ3) is 2.33. The Labute approximate surface area is 119 Å². The van der Waals surface area contributed by atoms with Gasteiger partial charge in [-0.2, -0.15) is 0 Å². The van der Waals surface area contributed by atoms with Crippen LogP contribution in [-0.2, 0) is 0 Å². The number of nitrogen functional groups attached to an aromatic ring is 1. The van der Waals surface area contributed by atoms with Crippen LogP contribution in [0.2, 0.25) is 0 Å². The van der Waals surface area contributed by atoms with Gasteiger partial charge in [-0.1, -0.05) is 0 Å². The molecular weight excluding hydrogens is 308 g/mol. The molecule has 4 nitrogen and oxygen atoms in total. The molecule has 0 saturated heterocycles. The number of benzene rings is 2. The molecule has 1 heterocycles. The van der Waals surface area contributed by atoms with E-state index in [1.54, 1.807) is 0 Å². The van der Waals surface area contributed by atoms with Crippen molar-refractivity contribution in [2.45, 2.75) is 6.92 Å². The fourth-order valence-electron chi connectivity index (χ4n) is 1.92. The van der Waals surface area contributed by atoms with E-state index in [0.717, 1.165) is 38.6 Å². The maximum atomic E-state index is 5.86. The van der Waals surface area contributed by atoms with Crippen molar-refractivity contribution in [3.8, 4) is 11.5 Å². The summed E-state index contributed by atoms with van der Waals surface area (Å²) in [7, 11) is 0. The third-order valence-corrected chi connectivity index (χ3v) is 3.66. The molecule has 0 aromatic heterocycles.